The van der Waals surface area contributed by atoms with Crippen molar-refractivity contribution >= 4 is 47.6 Å². The van der Waals surface area contributed by atoms with Gasteiger partial charge in [0.1, 0.15) is 4.90 Å². The number of hydrogen-bond donors (Lipinski definition) is 1. The van der Waals surface area contributed by atoms with Gasteiger partial charge in [-0.3, -0.25) is 0 Å². The normalized spacial score (nSPS) is 16.8. The van der Waals surface area contributed by atoms with Gasteiger partial charge in [0, 0.05) is 29.1 Å². The lowest BCUT2D eigenvalue weighted by atomic mass is 10.1. The molecule has 1 aliphatic heterocycles. The Kier molecular flexibility index (Phi) is 5.48. The first-order valence-electron chi connectivity index (χ1n) is 6.27. The predicted molar refractivity (Wildman–Crippen MR) is 89.6 cm³/mol. The fourth-order valence-corrected chi connectivity index (χ4v) is 5.60. The number of hydrogen-bond acceptors (Lipinski definition) is 4. The molecule has 1 aliphatic rings. The second kappa shape index (κ2) is 6.78. The zero-order chi connectivity index (χ0) is 15.6. The van der Waals surface area contributed by atoms with Crippen molar-refractivity contribution in [1.29, 1.82) is 0 Å². The monoisotopic (exact) mass is 438 g/mol. The summed E-state index contributed by atoms with van der Waals surface area (Å²) in [4.78, 5) is 0.120. The lowest BCUT2D eigenvalue weighted by Crippen LogP contribution is -2.35. The van der Waals surface area contributed by atoms with Crippen LogP contribution in [-0.4, -0.2) is 39.5 Å². The van der Waals surface area contributed by atoms with Crippen LogP contribution in [0.25, 0.3) is 0 Å². The van der Waals surface area contributed by atoms with E-state index in [1.807, 2.05) is 6.08 Å². The summed E-state index contributed by atoms with van der Waals surface area (Å²) in [6.45, 7) is 1.31. The molecule has 21 heavy (non-hydrogen) atoms. The maximum Gasteiger partial charge on any atom is 0.246 e. The summed E-state index contributed by atoms with van der Waals surface area (Å²) in [6, 6.07) is 3.27. The van der Waals surface area contributed by atoms with Gasteiger partial charge >= 0.3 is 0 Å². The highest BCUT2D eigenvalue weighted by molar-refractivity contribution is 9.11. The van der Waals surface area contributed by atoms with Crippen LogP contribution in [0.5, 0.6) is 0 Å². The van der Waals surface area contributed by atoms with Crippen LogP contribution in [0, 0.1) is 0 Å². The maximum atomic E-state index is 12.7. The van der Waals surface area contributed by atoms with Crippen molar-refractivity contribution in [2.75, 3.05) is 32.5 Å². The van der Waals surface area contributed by atoms with Crippen LogP contribution in [0.3, 0.4) is 0 Å². The minimum atomic E-state index is -3.62. The summed E-state index contributed by atoms with van der Waals surface area (Å²) in [5, 5.41) is 0. The molecule has 0 saturated carbocycles. The van der Waals surface area contributed by atoms with Crippen molar-refractivity contribution in [2.24, 2.45) is 0 Å². The number of methoxy groups -OCH3 is 1. The summed E-state index contributed by atoms with van der Waals surface area (Å²) in [5.74, 6) is 0. The van der Waals surface area contributed by atoms with E-state index in [0.717, 1.165) is 10.0 Å². The Bertz CT molecular complexity index is 651. The van der Waals surface area contributed by atoms with E-state index >= 15 is 0 Å². The minimum Gasteiger partial charge on any atom is -0.398 e. The molecule has 0 fully saturated rings. The molecule has 0 unspecified atom stereocenters. The Morgan fingerprint density at radius 2 is 2.10 bits per heavy atom. The standard InChI is InChI=1S/C13H16Br2N2O3S/c1-20-8-9-2-4-17(5-3-9)21(18,19)13-11(15)6-10(14)7-12(13)16/h2,6-7H,3-5,8,16H2,1H3. The van der Waals surface area contributed by atoms with Crippen LogP contribution in [0.4, 0.5) is 5.69 Å². The van der Waals surface area contributed by atoms with Crippen LogP contribution < -0.4 is 5.73 Å². The predicted octanol–water partition coefficient (Wildman–Crippen LogP) is 2.76. The van der Waals surface area contributed by atoms with Gasteiger partial charge in [0.15, 0.2) is 0 Å². The molecular formula is C13H16Br2N2O3S. The van der Waals surface area contributed by atoms with Crippen molar-refractivity contribution < 1.29 is 13.2 Å². The van der Waals surface area contributed by atoms with Gasteiger partial charge in [-0.25, -0.2) is 8.42 Å². The van der Waals surface area contributed by atoms with Gasteiger partial charge in [-0.15, -0.1) is 0 Å². The van der Waals surface area contributed by atoms with E-state index in [-0.39, 0.29) is 10.6 Å². The first kappa shape index (κ1) is 17.0. The average Bonchev–Trinajstić information content (AvgIpc) is 2.38. The Morgan fingerprint density at radius 1 is 1.38 bits per heavy atom. The molecule has 8 heteroatoms. The Hall–Kier alpha value is -0.410. The number of rotatable bonds is 4. The largest absolute Gasteiger partial charge is 0.398 e. The third-order valence-corrected chi connectivity index (χ3v) is 6.56. The van der Waals surface area contributed by atoms with Gasteiger partial charge in [0.05, 0.1) is 12.3 Å². The first-order valence-corrected chi connectivity index (χ1v) is 9.30. The molecule has 0 saturated heterocycles. The van der Waals surface area contributed by atoms with Crippen molar-refractivity contribution in [1.82, 2.24) is 4.31 Å². The van der Waals surface area contributed by atoms with E-state index in [9.17, 15) is 8.42 Å². The highest BCUT2D eigenvalue weighted by Gasteiger charge is 2.30. The molecule has 0 aromatic heterocycles. The van der Waals surface area contributed by atoms with Gasteiger partial charge in [-0.2, -0.15) is 4.31 Å². The zero-order valence-electron chi connectivity index (χ0n) is 11.5. The molecule has 2 rings (SSSR count). The fraction of sp³-hybridized carbons (Fsp3) is 0.385. The lowest BCUT2D eigenvalue weighted by Gasteiger charge is -2.26. The van der Waals surface area contributed by atoms with Crippen LogP contribution in [0.2, 0.25) is 0 Å². The number of nitrogen functional groups attached to an aromatic ring is 1. The molecule has 0 amide bonds. The third kappa shape index (κ3) is 3.68. The highest BCUT2D eigenvalue weighted by atomic mass is 79.9. The van der Waals surface area contributed by atoms with Gasteiger partial charge in [-0.1, -0.05) is 22.0 Å². The average molecular weight is 440 g/mol. The molecule has 2 N–H and O–H groups in total. The summed E-state index contributed by atoms with van der Waals surface area (Å²) in [7, 11) is -1.99. The SMILES string of the molecule is COCC1=CCN(S(=O)(=O)c2c(N)cc(Br)cc2Br)CC1. The minimum absolute atomic E-state index is 0.120. The molecule has 116 valence electrons. The van der Waals surface area contributed by atoms with Gasteiger partial charge < -0.3 is 10.5 Å². The summed E-state index contributed by atoms with van der Waals surface area (Å²) in [5.41, 5.74) is 7.23. The second-order valence-electron chi connectivity index (χ2n) is 4.71. The van der Waals surface area contributed by atoms with E-state index in [4.69, 9.17) is 10.5 Å². The number of ether oxygens (including phenoxy) is 1. The molecule has 1 heterocycles. The van der Waals surface area contributed by atoms with E-state index in [2.05, 4.69) is 31.9 Å². The molecule has 0 radical (unpaired) electrons. The molecule has 5 nitrogen and oxygen atoms in total. The van der Waals surface area contributed by atoms with Crippen molar-refractivity contribution in [2.45, 2.75) is 11.3 Å². The number of sulfonamides is 1. The van der Waals surface area contributed by atoms with Gasteiger partial charge in [0.2, 0.25) is 10.0 Å². The van der Waals surface area contributed by atoms with Crippen LogP contribution in [-0.2, 0) is 14.8 Å². The second-order valence-corrected chi connectivity index (χ2v) is 8.36. The Morgan fingerprint density at radius 3 is 2.62 bits per heavy atom. The Labute approximate surface area is 141 Å². The van der Waals surface area contributed by atoms with Crippen LogP contribution >= 0.6 is 31.9 Å². The number of halogens is 2. The van der Waals surface area contributed by atoms with Crippen LogP contribution in [0.1, 0.15) is 6.42 Å². The number of nitrogens with two attached hydrogens (primary N) is 1. The molecular weight excluding hydrogens is 424 g/mol. The number of anilines is 1. The summed E-state index contributed by atoms with van der Waals surface area (Å²) >= 11 is 6.58. The molecule has 0 spiro atoms. The van der Waals surface area contributed by atoms with Gasteiger partial charge in [0.25, 0.3) is 0 Å². The van der Waals surface area contributed by atoms with Crippen molar-refractivity contribution in [3.63, 3.8) is 0 Å². The number of nitrogens with zero attached hydrogens (tertiary/aromatic N) is 1. The molecule has 0 atom stereocenters. The first-order chi connectivity index (χ1) is 9.86. The summed E-state index contributed by atoms with van der Waals surface area (Å²) in [6.07, 6.45) is 2.56. The molecule has 1 aromatic carbocycles. The van der Waals surface area contributed by atoms with Crippen molar-refractivity contribution in [3.8, 4) is 0 Å². The van der Waals surface area contributed by atoms with E-state index in [0.29, 0.717) is 30.6 Å². The highest BCUT2D eigenvalue weighted by Crippen LogP contribution is 2.34. The third-order valence-electron chi connectivity index (χ3n) is 3.23. The van der Waals surface area contributed by atoms with E-state index < -0.39 is 10.0 Å². The smallest absolute Gasteiger partial charge is 0.246 e. The number of benzene rings is 1. The van der Waals surface area contributed by atoms with E-state index in [1.54, 1.807) is 19.2 Å². The quantitative estimate of drug-likeness (QED) is 0.578. The zero-order valence-corrected chi connectivity index (χ0v) is 15.5. The fourth-order valence-electron chi connectivity index (χ4n) is 2.21. The van der Waals surface area contributed by atoms with Gasteiger partial charge in [-0.05, 0) is 40.1 Å². The topological polar surface area (TPSA) is 72.6 Å². The molecule has 0 aliphatic carbocycles. The van der Waals surface area contributed by atoms with E-state index in [1.165, 1.54) is 4.31 Å². The molecule has 0 bridgehead atoms. The maximum absolute atomic E-state index is 12.7. The Balaban J connectivity index is 2.32. The summed E-state index contributed by atoms with van der Waals surface area (Å²) < 4.78 is 33.2. The lowest BCUT2D eigenvalue weighted by molar-refractivity contribution is 0.219. The van der Waals surface area contributed by atoms with Crippen LogP contribution in [0.15, 0.2) is 37.6 Å². The molecule has 1 aromatic rings. The van der Waals surface area contributed by atoms with Crippen molar-refractivity contribution in [3.05, 3.63) is 32.7 Å².